The summed E-state index contributed by atoms with van der Waals surface area (Å²) in [6, 6.07) is 4.49. The SMILES string of the molecule is COc1ccc(CC(=O)CS)cc1F. The Kier molecular flexibility index (Phi) is 3.95. The number of ether oxygens (including phenoxy) is 1. The molecule has 1 aromatic carbocycles. The second-order valence-corrected chi connectivity index (χ2v) is 3.16. The van der Waals surface area contributed by atoms with E-state index in [0.29, 0.717) is 5.56 Å². The van der Waals surface area contributed by atoms with Gasteiger partial charge in [0.05, 0.1) is 7.11 Å². The summed E-state index contributed by atoms with van der Waals surface area (Å²) < 4.78 is 17.9. The average Bonchev–Trinajstić information content (AvgIpc) is 2.18. The van der Waals surface area contributed by atoms with Gasteiger partial charge in [-0.1, -0.05) is 6.07 Å². The zero-order valence-corrected chi connectivity index (χ0v) is 8.68. The first kappa shape index (κ1) is 11.0. The van der Waals surface area contributed by atoms with Gasteiger partial charge in [0.15, 0.2) is 11.6 Å². The molecular weight excluding hydrogens is 203 g/mol. The van der Waals surface area contributed by atoms with Crippen LogP contribution in [0.2, 0.25) is 0 Å². The van der Waals surface area contributed by atoms with E-state index in [1.165, 1.54) is 19.2 Å². The van der Waals surface area contributed by atoms with E-state index < -0.39 is 5.82 Å². The summed E-state index contributed by atoms with van der Waals surface area (Å²) >= 11 is 3.84. The predicted octanol–water partition coefficient (Wildman–Crippen LogP) is 1.88. The van der Waals surface area contributed by atoms with E-state index >= 15 is 0 Å². The molecular formula is C10H11FO2S. The molecule has 2 nitrogen and oxygen atoms in total. The Bertz CT molecular complexity index is 339. The van der Waals surface area contributed by atoms with Gasteiger partial charge in [0, 0.05) is 12.2 Å². The van der Waals surface area contributed by atoms with E-state index in [4.69, 9.17) is 4.74 Å². The van der Waals surface area contributed by atoms with E-state index in [9.17, 15) is 9.18 Å². The van der Waals surface area contributed by atoms with Gasteiger partial charge in [-0.3, -0.25) is 4.79 Å². The monoisotopic (exact) mass is 214 g/mol. The summed E-state index contributed by atoms with van der Waals surface area (Å²) in [6.45, 7) is 0. The van der Waals surface area contributed by atoms with Crippen molar-refractivity contribution < 1.29 is 13.9 Å². The summed E-state index contributed by atoms with van der Waals surface area (Å²) in [5, 5.41) is 0. The van der Waals surface area contributed by atoms with Gasteiger partial charge in [-0.25, -0.2) is 4.39 Å². The first-order valence-corrected chi connectivity index (χ1v) is 4.75. The molecule has 0 saturated heterocycles. The fourth-order valence-corrected chi connectivity index (χ4v) is 1.22. The zero-order chi connectivity index (χ0) is 10.6. The Hall–Kier alpha value is -1.03. The number of carbonyl (C=O) groups is 1. The number of carbonyl (C=O) groups excluding carboxylic acids is 1. The quantitative estimate of drug-likeness (QED) is 0.774. The van der Waals surface area contributed by atoms with Crippen molar-refractivity contribution in [1.29, 1.82) is 0 Å². The highest BCUT2D eigenvalue weighted by molar-refractivity contribution is 7.81. The number of benzene rings is 1. The van der Waals surface area contributed by atoms with Crippen LogP contribution < -0.4 is 4.74 Å². The molecule has 0 bridgehead atoms. The maximum absolute atomic E-state index is 13.1. The van der Waals surface area contributed by atoms with Gasteiger partial charge in [0.1, 0.15) is 5.78 Å². The smallest absolute Gasteiger partial charge is 0.165 e. The number of halogens is 1. The van der Waals surface area contributed by atoms with Gasteiger partial charge in [-0.05, 0) is 17.7 Å². The van der Waals surface area contributed by atoms with Gasteiger partial charge in [-0.2, -0.15) is 12.6 Å². The molecule has 1 rings (SSSR count). The Morgan fingerprint density at radius 1 is 1.57 bits per heavy atom. The fourth-order valence-electron chi connectivity index (χ4n) is 1.10. The van der Waals surface area contributed by atoms with Crippen LogP contribution in [0.1, 0.15) is 5.56 Å². The van der Waals surface area contributed by atoms with Gasteiger partial charge in [0.25, 0.3) is 0 Å². The molecule has 0 aliphatic carbocycles. The van der Waals surface area contributed by atoms with Crippen LogP contribution in [-0.4, -0.2) is 18.6 Å². The number of rotatable bonds is 4. The summed E-state index contributed by atoms with van der Waals surface area (Å²) in [5.41, 5.74) is 0.641. The van der Waals surface area contributed by atoms with Crippen molar-refractivity contribution in [3.8, 4) is 5.75 Å². The Morgan fingerprint density at radius 3 is 2.79 bits per heavy atom. The molecule has 0 spiro atoms. The number of methoxy groups -OCH3 is 1. The average molecular weight is 214 g/mol. The second-order valence-electron chi connectivity index (χ2n) is 2.84. The zero-order valence-electron chi connectivity index (χ0n) is 7.79. The van der Waals surface area contributed by atoms with Crippen molar-refractivity contribution in [3.63, 3.8) is 0 Å². The van der Waals surface area contributed by atoms with Crippen molar-refractivity contribution in [2.24, 2.45) is 0 Å². The normalized spacial score (nSPS) is 9.93. The lowest BCUT2D eigenvalue weighted by Crippen LogP contribution is -2.04. The first-order chi connectivity index (χ1) is 6.67. The lowest BCUT2D eigenvalue weighted by atomic mass is 10.1. The number of Topliss-reactive ketones (excluding diaryl/α,β-unsaturated/α-hetero) is 1. The predicted molar refractivity (Wildman–Crippen MR) is 55.5 cm³/mol. The lowest BCUT2D eigenvalue weighted by molar-refractivity contribution is -0.115. The minimum absolute atomic E-state index is 0.0297. The Balaban J connectivity index is 2.81. The number of hydrogen-bond donors (Lipinski definition) is 1. The van der Waals surface area contributed by atoms with Crippen molar-refractivity contribution in [2.75, 3.05) is 12.9 Å². The maximum Gasteiger partial charge on any atom is 0.165 e. The summed E-state index contributed by atoms with van der Waals surface area (Å²) in [5.74, 6) is -0.116. The van der Waals surface area contributed by atoms with E-state index in [2.05, 4.69) is 12.6 Å². The van der Waals surface area contributed by atoms with Crippen molar-refractivity contribution in [1.82, 2.24) is 0 Å². The topological polar surface area (TPSA) is 26.3 Å². The van der Waals surface area contributed by atoms with Crippen LogP contribution in [0.25, 0.3) is 0 Å². The molecule has 0 N–H and O–H groups in total. The molecule has 0 aromatic heterocycles. The van der Waals surface area contributed by atoms with E-state index in [0.717, 1.165) is 0 Å². The van der Waals surface area contributed by atoms with Gasteiger partial charge < -0.3 is 4.74 Å². The highest BCUT2D eigenvalue weighted by atomic mass is 32.1. The fraction of sp³-hybridized carbons (Fsp3) is 0.300. The molecule has 76 valence electrons. The second kappa shape index (κ2) is 5.00. The van der Waals surface area contributed by atoms with Crippen molar-refractivity contribution >= 4 is 18.4 Å². The Labute approximate surface area is 87.5 Å². The van der Waals surface area contributed by atoms with Gasteiger partial charge >= 0.3 is 0 Å². The van der Waals surface area contributed by atoms with Crippen LogP contribution in [0.15, 0.2) is 18.2 Å². The van der Waals surface area contributed by atoms with Gasteiger partial charge in [-0.15, -0.1) is 0 Å². The Morgan fingerprint density at radius 2 is 2.29 bits per heavy atom. The summed E-state index contributed by atoms with van der Waals surface area (Å²) in [4.78, 5) is 11.0. The van der Waals surface area contributed by atoms with Gasteiger partial charge in [0.2, 0.25) is 0 Å². The minimum Gasteiger partial charge on any atom is -0.494 e. The van der Waals surface area contributed by atoms with Crippen LogP contribution >= 0.6 is 12.6 Å². The number of hydrogen-bond acceptors (Lipinski definition) is 3. The van der Waals surface area contributed by atoms with E-state index in [-0.39, 0.29) is 23.7 Å². The largest absolute Gasteiger partial charge is 0.494 e. The number of thiol groups is 1. The third-order valence-corrected chi connectivity index (χ3v) is 2.15. The third-order valence-electron chi connectivity index (χ3n) is 1.79. The van der Waals surface area contributed by atoms with Crippen LogP contribution in [0, 0.1) is 5.82 Å². The van der Waals surface area contributed by atoms with E-state index in [1.807, 2.05) is 0 Å². The standard InChI is InChI=1S/C10H11FO2S/c1-13-10-3-2-7(5-9(10)11)4-8(12)6-14/h2-3,5,14H,4,6H2,1H3. The molecule has 0 aliphatic rings. The molecule has 0 saturated carbocycles. The molecule has 0 unspecified atom stereocenters. The third kappa shape index (κ3) is 2.73. The summed E-state index contributed by atoms with van der Waals surface area (Å²) in [6.07, 6.45) is 0.213. The molecule has 0 radical (unpaired) electrons. The highest BCUT2D eigenvalue weighted by Gasteiger charge is 2.06. The van der Waals surface area contributed by atoms with Crippen molar-refractivity contribution in [2.45, 2.75) is 6.42 Å². The highest BCUT2D eigenvalue weighted by Crippen LogP contribution is 2.17. The van der Waals surface area contributed by atoms with E-state index in [1.54, 1.807) is 6.07 Å². The maximum atomic E-state index is 13.1. The van der Waals surface area contributed by atoms with Crippen LogP contribution in [-0.2, 0) is 11.2 Å². The molecule has 4 heteroatoms. The molecule has 0 heterocycles. The molecule has 0 atom stereocenters. The number of ketones is 1. The molecule has 0 amide bonds. The lowest BCUT2D eigenvalue weighted by Gasteiger charge is -2.03. The molecule has 0 aliphatic heterocycles. The van der Waals surface area contributed by atoms with Crippen LogP contribution in [0.4, 0.5) is 4.39 Å². The van der Waals surface area contributed by atoms with Crippen LogP contribution in [0.3, 0.4) is 0 Å². The summed E-state index contributed by atoms with van der Waals surface area (Å²) in [7, 11) is 1.40. The molecule has 1 aromatic rings. The minimum atomic E-state index is -0.447. The first-order valence-electron chi connectivity index (χ1n) is 4.12. The molecule has 0 fully saturated rings. The van der Waals surface area contributed by atoms with Crippen molar-refractivity contribution in [3.05, 3.63) is 29.6 Å². The van der Waals surface area contributed by atoms with Crippen LogP contribution in [0.5, 0.6) is 5.75 Å². The molecule has 14 heavy (non-hydrogen) atoms.